The van der Waals surface area contributed by atoms with Crippen LogP contribution in [-0.4, -0.2) is 45.2 Å². The maximum absolute atomic E-state index is 12.0. The van der Waals surface area contributed by atoms with E-state index in [1.54, 1.807) is 17.2 Å². The van der Waals surface area contributed by atoms with Gasteiger partial charge in [-0.1, -0.05) is 6.92 Å². The molecule has 0 radical (unpaired) electrons. The van der Waals surface area contributed by atoms with Crippen LogP contribution in [-0.2, 0) is 16.0 Å². The predicted molar refractivity (Wildman–Crippen MR) is 63.8 cm³/mol. The molecule has 0 spiro atoms. The number of aliphatic carboxylic acids is 1. The Morgan fingerprint density at radius 1 is 1.61 bits per heavy atom. The van der Waals surface area contributed by atoms with Crippen molar-refractivity contribution in [1.29, 1.82) is 0 Å². The lowest BCUT2D eigenvalue weighted by atomic mass is 9.84. The van der Waals surface area contributed by atoms with Crippen molar-refractivity contribution in [2.45, 2.75) is 26.2 Å². The van der Waals surface area contributed by atoms with Crippen LogP contribution in [0.5, 0.6) is 0 Å². The van der Waals surface area contributed by atoms with Crippen molar-refractivity contribution in [2.24, 2.45) is 5.41 Å². The first-order chi connectivity index (χ1) is 8.57. The zero-order valence-electron chi connectivity index (χ0n) is 10.3. The van der Waals surface area contributed by atoms with Crippen LogP contribution in [0.3, 0.4) is 0 Å². The third-order valence-electron chi connectivity index (χ3n) is 3.74. The maximum atomic E-state index is 12.0. The molecule has 6 nitrogen and oxygen atoms in total. The molecule has 2 N–H and O–H groups in total. The Bertz CT molecular complexity index is 443. The van der Waals surface area contributed by atoms with Crippen molar-refractivity contribution in [3.63, 3.8) is 0 Å². The van der Waals surface area contributed by atoms with Crippen LogP contribution < -0.4 is 0 Å². The number of aromatic amines is 1. The van der Waals surface area contributed by atoms with Gasteiger partial charge in [0.25, 0.3) is 0 Å². The lowest BCUT2D eigenvalue weighted by molar-refractivity contribution is -0.148. The van der Waals surface area contributed by atoms with Crippen LogP contribution in [0.25, 0.3) is 0 Å². The summed E-state index contributed by atoms with van der Waals surface area (Å²) in [6, 6.07) is 1.75. The minimum absolute atomic E-state index is 0.0455. The zero-order chi connectivity index (χ0) is 13.2. The smallest absolute Gasteiger partial charge is 0.311 e. The molecule has 1 unspecified atom stereocenters. The summed E-state index contributed by atoms with van der Waals surface area (Å²) in [5.41, 5.74) is -0.00627. The fourth-order valence-corrected chi connectivity index (χ4v) is 2.36. The number of rotatable bonds is 4. The molecule has 18 heavy (non-hydrogen) atoms. The zero-order valence-corrected chi connectivity index (χ0v) is 10.3. The largest absolute Gasteiger partial charge is 0.481 e. The number of carbonyl (C=O) groups is 2. The molecule has 2 heterocycles. The Labute approximate surface area is 105 Å². The predicted octanol–water partition coefficient (Wildman–Crippen LogP) is 0.665. The quantitative estimate of drug-likeness (QED) is 0.823. The Morgan fingerprint density at radius 2 is 2.39 bits per heavy atom. The number of nitrogens with zero attached hydrogens (tertiary/aromatic N) is 2. The van der Waals surface area contributed by atoms with E-state index in [4.69, 9.17) is 0 Å². The number of amides is 1. The van der Waals surface area contributed by atoms with Gasteiger partial charge in [0, 0.05) is 25.0 Å². The van der Waals surface area contributed by atoms with E-state index in [2.05, 4.69) is 10.2 Å². The third kappa shape index (κ3) is 2.23. The Hall–Kier alpha value is -1.85. The van der Waals surface area contributed by atoms with Crippen molar-refractivity contribution in [3.8, 4) is 0 Å². The van der Waals surface area contributed by atoms with Gasteiger partial charge in [0.15, 0.2) is 0 Å². The van der Waals surface area contributed by atoms with Gasteiger partial charge in [-0.05, 0) is 18.9 Å². The van der Waals surface area contributed by atoms with Gasteiger partial charge in [0.05, 0.1) is 11.8 Å². The van der Waals surface area contributed by atoms with E-state index in [-0.39, 0.29) is 12.3 Å². The lowest BCUT2D eigenvalue weighted by Gasteiger charge is -2.22. The van der Waals surface area contributed by atoms with Crippen molar-refractivity contribution in [1.82, 2.24) is 15.1 Å². The van der Waals surface area contributed by atoms with Gasteiger partial charge in [-0.25, -0.2) is 0 Å². The van der Waals surface area contributed by atoms with Gasteiger partial charge >= 0.3 is 5.97 Å². The summed E-state index contributed by atoms with van der Waals surface area (Å²) in [7, 11) is 0. The second-order valence-corrected chi connectivity index (χ2v) is 4.76. The molecule has 0 bridgehead atoms. The number of H-pyrrole nitrogens is 1. The highest BCUT2D eigenvalue weighted by Gasteiger charge is 2.44. The molecule has 1 aliphatic rings. The number of aromatic nitrogens is 2. The molecule has 0 aliphatic carbocycles. The van der Waals surface area contributed by atoms with E-state index in [9.17, 15) is 14.7 Å². The fraction of sp³-hybridized carbons (Fsp3) is 0.583. The highest BCUT2D eigenvalue weighted by molar-refractivity contribution is 5.81. The normalized spacial score (nSPS) is 23.3. The van der Waals surface area contributed by atoms with E-state index in [0.29, 0.717) is 25.9 Å². The summed E-state index contributed by atoms with van der Waals surface area (Å²) in [4.78, 5) is 24.9. The number of hydrogen-bond acceptors (Lipinski definition) is 3. The van der Waals surface area contributed by atoms with E-state index in [0.717, 1.165) is 5.69 Å². The molecule has 6 heteroatoms. The Kier molecular flexibility index (Phi) is 3.36. The Morgan fingerprint density at radius 3 is 2.89 bits per heavy atom. The van der Waals surface area contributed by atoms with Gasteiger partial charge < -0.3 is 10.0 Å². The standard InChI is InChI=1S/C12H17N3O3/c1-2-12(11(17)18)4-6-15(8-12)10(16)7-9-3-5-13-14-9/h3,5H,2,4,6-8H2,1H3,(H,13,14)(H,17,18). The molecular weight excluding hydrogens is 234 g/mol. The fourth-order valence-electron chi connectivity index (χ4n) is 2.36. The highest BCUT2D eigenvalue weighted by Crippen LogP contribution is 2.34. The van der Waals surface area contributed by atoms with Crippen molar-refractivity contribution in [2.75, 3.05) is 13.1 Å². The van der Waals surface area contributed by atoms with Gasteiger partial charge in [-0.2, -0.15) is 5.10 Å². The van der Waals surface area contributed by atoms with Crippen molar-refractivity contribution in [3.05, 3.63) is 18.0 Å². The van der Waals surface area contributed by atoms with Crippen LogP contribution in [0.15, 0.2) is 12.3 Å². The monoisotopic (exact) mass is 251 g/mol. The molecule has 1 saturated heterocycles. The third-order valence-corrected chi connectivity index (χ3v) is 3.74. The maximum Gasteiger partial charge on any atom is 0.311 e. The minimum Gasteiger partial charge on any atom is -0.481 e. The minimum atomic E-state index is -0.804. The first-order valence-electron chi connectivity index (χ1n) is 6.07. The van der Waals surface area contributed by atoms with Gasteiger partial charge in [-0.15, -0.1) is 0 Å². The molecule has 1 aliphatic heterocycles. The number of carbonyl (C=O) groups excluding carboxylic acids is 1. The summed E-state index contributed by atoms with van der Waals surface area (Å²) < 4.78 is 0. The van der Waals surface area contributed by atoms with Gasteiger partial charge in [0.2, 0.25) is 5.91 Å². The summed E-state index contributed by atoms with van der Waals surface area (Å²) in [5, 5.41) is 15.8. The van der Waals surface area contributed by atoms with Gasteiger partial charge in [0.1, 0.15) is 0 Å². The van der Waals surface area contributed by atoms with Crippen LogP contribution in [0, 0.1) is 5.41 Å². The van der Waals surface area contributed by atoms with E-state index >= 15 is 0 Å². The number of carboxylic acid groups (broad SMARTS) is 1. The van der Waals surface area contributed by atoms with Crippen LogP contribution in [0.2, 0.25) is 0 Å². The highest BCUT2D eigenvalue weighted by atomic mass is 16.4. The van der Waals surface area contributed by atoms with Crippen molar-refractivity contribution < 1.29 is 14.7 Å². The summed E-state index contributed by atoms with van der Waals surface area (Å²) in [5.74, 6) is -0.849. The SMILES string of the molecule is CCC1(C(=O)O)CCN(C(=O)Cc2ccn[nH]2)C1. The molecule has 1 aromatic rings. The first-order valence-corrected chi connectivity index (χ1v) is 6.07. The molecule has 1 atom stereocenters. The number of nitrogens with one attached hydrogen (secondary N) is 1. The Balaban J connectivity index is 2.00. The van der Waals surface area contributed by atoms with Crippen LogP contribution in [0.1, 0.15) is 25.5 Å². The molecule has 0 saturated carbocycles. The van der Waals surface area contributed by atoms with Crippen molar-refractivity contribution >= 4 is 11.9 Å². The topological polar surface area (TPSA) is 86.3 Å². The molecule has 1 fully saturated rings. The van der Waals surface area contributed by atoms with E-state index in [1.807, 2.05) is 6.92 Å². The lowest BCUT2D eigenvalue weighted by Crippen LogP contribution is -2.37. The average Bonchev–Trinajstić information content (AvgIpc) is 2.97. The average molecular weight is 251 g/mol. The second-order valence-electron chi connectivity index (χ2n) is 4.76. The molecule has 1 aromatic heterocycles. The number of likely N-dealkylation sites (tertiary alicyclic amines) is 1. The molecular formula is C12H17N3O3. The number of hydrogen-bond donors (Lipinski definition) is 2. The van der Waals surface area contributed by atoms with E-state index < -0.39 is 11.4 Å². The van der Waals surface area contributed by atoms with Gasteiger partial charge in [-0.3, -0.25) is 14.7 Å². The van der Waals surface area contributed by atoms with Crippen LogP contribution in [0.4, 0.5) is 0 Å². The second kappa shape index (κ2) is 4.80. The number of carboxylic acids is 1. The summed E-state index contributed by atoms with van der Waals surface area (Å²) in [6.07, 6.45) is 2.93. The first kappa shape index (κ1) is 12.6. The molecule has 98 valence electrons. The summed E-state index contributed by atoms with van der Waals surface area (Å²) >= 11 is 0. The molecule has 2 rings (SSSR count). The summed E-state index contributed by atoms with van der Waals surface area (Å²) in [6.45, 7) is 2.69. The molecule has 1 amide bonds. The van der Waals surface area contributed by atoms with Crippen LogP contribution >= 0.6 is 0 Å². The molecule has 0 aromatic carbocycles. The van der Waals surface area contributed by atoms with E-state index in [1.165, 1.54) is 0 Å².